The lowest BCUT2D eigenvalue weighted by Crippen LogP contribution is -2.16. The summed E-state index contributed by atoms with van der Waals surface area (Å²) >= 11 is 5.91. The summed E-state index contributed by atoms with van der Waals surface area (Å²) in [6.07, 6.45) is 2.64. The fraction of sp³-hybridized carbons (Fsp3) is 0.238. The molecule has 0 bridgehead atoms. The van der Waals surface area contributed by atoms with Crippen molar-refractivity contribution in [2.45, 2.75) is 19.4 Å². The number of amides is 1. The van der Waals surface area contributed by atoms with Crippen LogP contribution in [-0.4, -0.2) is 29.4 Å². The molecule has 0 aliphatic heterocycles. The number of rotatable bonds is 9. The largest absolute Gasteiger partial charge is 0.497 e. The molecule has 146 valence electrons. The van der Waals surface area contributed by atoms with Gasteiger partial charge in [-0.2, -0.15) is 5.10 Å². The fourth-order valence-electron chi connectivity index (χ4n) is 2.63. The molecule has 0 saturated carbocycles. The maximum atomic E-state index is 12.2. The normalized spacial score (nSPS) is 10.5. The van der Waals surface area contributed by atoms with Gasteiger partial charge >= 0.3 is 0 Å². The van der Waals surface area contributed by atoms with Crippen LogP contribution in [-0.2, 0) is 11.3 Å². The molecule has 0 spiro atoms. The summed E-state index contributed by atoms with van der Waals surface area (Å²) in [6.45, 7) is 1.02. The van der Waals surface area contributed by atoms with E-state index in [1.165, 1.54) is 0 Å². The van der Waals surface area contributed by atoms with Crippen molar-refractivity contribution in [3.63, 3.8) is 0 Å². The van der Waals surface area contributed by atoms with Crippen molar-refractivity contribution in [2.24, 2.45) is 0 Å². The maximum Gasteiger partial charge on any atom is 0.225 e. The molecular weight excluding hydrogens is 378 g/mol. The maximum absolute atomic E-state index is 12.2. The number of methoxy groups -OCH3 is 1. The average Bonchev–Trinajstić information content (AvgIpc) is 3.14. The number of halogens is 1. The molecule has 28 heavy (non-hydrogen) atoms. The van der Waals surface area contributed by atoms with Gasteiger partial charge in [0.15, 0.2) is 0 Å². The molecule has 0 aliphatic carbocycles. The first-order valence-electron chi connectivity index (χ1n) is 8.97. The average molecular weight is 400 g/mol. The lowest BCUT2D eigenvalue weighted by atomic mass is 10.2. The van der Waals surface area contributed by atoms with Crippen molar-refractivity contribution in [3.8, 4) is 11.5 Å². The third kappa shape index (κ3) is 5.76. The Balaban J connectivity index is 1.43. The first kappa shape index (κ1) is 19.8. The summed E-state index contributed by atoms with van der Waals surface area (Å²) in [6, 6.07) is 16.7. The van der Waals surface area contributed by atoms with Crippen molar-refractivity contribution >= 4 is 23.3 Å². The second-order valence-corrected chi connectivity index (χ2v) is 6.61. The Hall–Kier alpha value is -2.99. The molecule has 6 nitrogen and oxygen atoms in total. The quantitative estimate of drug-likeness (QED) is 0.542. The van der Waals surface area contributed by atoms with Gasteiger partial charge in [-0.15, -0.1) is 0 Å². The molecule has 1 amide bonds. The minimum Gasteiger partial charge on any atom is -0.497 e. The van der Waals surface area contributed by atoms with Gasteiger partial charge in [0.2, 0.25) is 5.91 Å². The van der Waals surface area contributed by atoms with Gasteiger partial charge in [0.05, 0.1) is 26.5 Å². The van der Waals surface area contributed by atoms with Gasteiger partial charge in [-0.3, -0.25) is 4.79 Å². The molecule has 3 rings (SSSR count). The van der Waals surface area contributed by atoms with Crippen molar-refractivity contribution in [2.75, 3.05) is 19.0 Å². The van der Waals surface area contributed by atoms with Crippen molar-refractivity contribution < 1.29 is 14.3 Å². The van der Waals surface area contributed by atoms with Crippen LogP contribution in [0.4, 0.5) is 5.82 Å². The van der Waals surface area contributed by atoms with Crippen molar-refractivity contribution in [1.82, 2.24) is 9.78 Å². The smallest absolute Gasteiger partial charge is 0.225 e. The van der Waals surface area contributed by atoms with Gasteiger partial charge in [-0.1, -0.05) is 23.7 Å². The Morgan fingerprint density at radius 1 is 1.07 bits per heavy atom. The number of hydrogen-bond acceptors (Lipinski definition) is 4. The molecule has 3 aromatic rings. The Morgan fingerprint density at radius 3 is 2.50 bits per heavy atom. The monoisotopic (exact) mass is 399 g/mol. The topological polar surface area (TPSA) is 65.4 Å². The van der Waals surface area contributed by atoms with Crippen molar-refractivity contribution in [3.05, 3.63) is 71.4 Å². The van der Waals surface area contributed by atoms with E-state index < -0.39 is 0 Å². The minimum atomic E-state index is -0.0730. The van der Waals surface area contributed by atoms with E-state index in [1.807, 2.05) is 48.5 Å². The Morgan fingerprint density at radius 2 is 1.79 bits per heavy atom. The van der Waals surface area contributed by atoms with E-state index in [1.54, 1.807) is 24.1 Å². The Bertz CT molecular complexity index is 892. The third-order valence-corrected chi connectivity index (χ3v) is 4.36. The van der Waals surface area contributed by atoms with Gasteiger partial charge in [0.25, 0.3) is 0 Å². The Kier molecular flexibility index (Phi) is 6.92. The predicted octanol–water partition coefficient (Wildman–Crippen LogP) is 4.39. The lowest BCUT2D eigenvalue weighted by Gasteiger charge is -2.10. The van der Waals surface area contributed by atoms with Crippen LogP contribution in [0.1, 0.15) is 18.4 Å². The number of benzene rings is 2. The lowest BCUT2D eigenvalue weighted by molar-refractivity contribution is -0.116. The van der Waals surface area contributed by atoms with Gasteiger partial charge < -0.3 is 14.8 Å². The molecule has 0 aliphatic rings. The molecule has 2 aromatic carbocycles. The zero-order valence-electron chi connectivity index (χ0n) is 15.6. The Labute approximate surface area is 169 Å². The van der Waals surface area contributed by atoms with E-state index >= 15 is 0 Å². The van der Waals surface area contributed by atoms with Gasteiger partial charge in [0, 0.05) is 17.5 Å². The van der Waals surface area contributed by atoms with Crippen LogP contribution >= 0.6 is 11.6 Å². The van der Waals surface area contributed by atoms with Crippen LogP contribution in [0.25, 0.3) is 0 Å². The molecule has 0 radical (unpaired) electrons. The van der Waals surface area contributed by atoms with E-state index in [2.05, 4.69) is 10.4 Å². The minimum absolute atomic E-state index is 0.0730. The van der Waals surface area contributed by atoms with Gasteiger partial charge in [0.1, 0.15) is 17.3 Å². The highest BCUT2D eigenvalue weighted by Crippen LogP contribution is 2.17. The number of aromatic nitrogens is 2. The van der Waals surface area contributed by atoms with E-state index in [9.17, 15) is 4.79 Å². The van der Waals surface area contributed by atoms with Crippen LogP contribution < -0.4 is 14.8 Å². The van der Waals surface area contributed by atoms with Crippen LogP contribution in [0.5, 0.6) is 11.5 Å². The van der Waals surface area contributed by atoms with Crippen LogP contribution in [0, 0.1) is 0 Å². The predicted molar refractivity (Wildman–Crippen MR) is 109 cm³/mol. The molecule has 1 aromatic heterocycles. The molecule has 0 saturated heterocycles. The highest BCUT2D eigenvalue weighted by molar-refractivity contribution is 6.30. The van der Waals surface area contributed by atoms with E-state index in [-0.39, 0.29) is 5.91 Å². The van der Waals surface area contributed by atoms with Gasteiger partial charge in [-0.25, -0.2) is 4.68 Å². The summed E-state index contributed by atoms with van der Waals surface area (Å²) < 4.78 is 12.5. The summed E-state index contributed by atoms with van der Waals surface area (Å²) in [4.78, 5) is 12.2. The number of carbonyl (C=O) groups excluding carboxylic acids is 1. The SMILES string of the molecule is COc1ccc(OCCCC(=O)Nc2ccnn2Cc2ccc(Cl)cc2)cc1. The van der Waals surface area contributed by atoms with Crippen LogP contribution in [0.15, 0.2) is 60.8 Å². The fourth-order valence-corrected chi connectivity index (χ4v) is 2.75. The number of ether oxygens (including phenoxy) is 2. The molecule has 7 heteroatoms. The number of carbonyl (C=O) groups is 1. The third-order valence-electron chi connectivity index (χ3n) is 4.11. The van der Waals surface area contributed by atoms with Gasteiger partial charge in [-0.05, 0) is 48.4 Å². The molecule has 1 heterocycles. The van der Waals surface area contributed by atoms with E-state index in [0.717, 1.165) is 17.1 Å². The highest BCUT2D eigenvalue weighted by atomic mass is 35.5. The summed E-state index contributed by atoms with van der Waals surface area (Å²) in [5.74, 6) is 2.12. The summed E-state index contributed by atoms with van der Waals surface area (Å²) in [5, 5.41) is 7.86. The number of hydrogen-bond donors (Lipinski definition) is 1. The van der Waals surface area contributed by atoms with Crippen LogP contribution in [0.2, 0.25) is 5.02 Å². The first-order valence-corrected chi connectivity index (χ1v) is 9.35. The molecule has 0 atom stereocenters. The molecule has 0 unspecified atom stereocenters. The van der Waals surface area contributed by atoms with E-state index in [0.29, 0.717) is 36.8 Å². The summed E-state index contributed by atoms with van der Waals surface area (Å²) in [7, 11) is 1.62. The second kappa shape index (κ2) is 9.80. The second-order valence-electron chi connectivity index (χ2n) is 6.18. The zero-order valence-corrected chi connectivity index (χ0v) is 16.4. The van der Waals surface area contributed by atoms with Crippen molar-refractivity contribution in [1.29, 1.82) is 0 Å². The number of anilines is 1. The standard InChI is InChI=1S/C21H22ClN3O3/c1-27-18-8-10-19(11-9-18)28-14-2-3-21(26)24-20-12-13-23-25(20)15-16-4-6-17(22)7-5-16/h4-13H,2-3,14-15H2,1H3,(H,24,26). The zero-order chi connectivity index (χ0) is 19.8. The molecule has 0 fully saturated rings. The van der Waals surface area contributed by atoms with Crippen LogP contribution in [0.3, 0.4) is 0 Å². The summed E-state index contributed by atoms with van der Waals surface area (Å²) in [5.41, 5.74) is 1.05. The number of nitrogens with zero attached hydrogens (tertiary/aromatic N) is 2. The number of nitrogens with one attached hydrogen (secondary N) is 1. The molecule has 1 N–H and O–H groups in total. The highest BCUT2D eigenvalue weighted by Gasteiger charge is 2.08. The van der Waals surface area contributed by atoms with E-state index in [4.69, 9.17) is 21.1 Å². The first-order chi connectivity index (χ1) is 13.6. The molecular formula is C21H22ClN3O3.